The van der Waals surface area contributed by atoms with Crippen LogP contribution < -0.4 is 15.8 Å². The molecule has 0 radical (unpaired) electrons. The number of nitrogens with zero attached hydrogens (tertiary/aromatic N) is 2. The number of ether oxygens (including phenoxy) is 2. The average Bonchev–Trinajstić information content (AvgIpc) is 2.86. The normalized spacial score (nSPS) is 22.6. The van der Waals surface area contributed by atoms with Crippen LogP contribution in [-0.2, 0) is 9.53 Å². The zero-order valence-corrected chi connectivity index (χ0v) is 22.3. The van der Waals surface area contributed by atoms with Crippen molar-refractivity contribution in [3.63, 3.8) is 0 Å². The third-order valence-electron chi connectivity index (χ3n) is 7.41. The van der Waals surface area contributed by atoms with E-state index in [1.165, 1.54) is 7.11 Å². The third-order valence-corrected chi connectivity index (χ3v) is 7.74. The summed E-state index contributed by atoms with van der Waals surface area (Å²) < 4.78 is 11.1. The maximum absolute atomic E-state index is 13.0. The van der Waals surface area contributed by atoms with Crippen LogP contribution in [-0.4, -0.2) is 80.7 Å². The van der Waals surface area contributed by atoms with Crippen LogP contribution in [0.1, 0.15) is 56.3 Å². The highest BCUT2D eigenvalue weighted by molar-refractivity contribution is 6.33. The van der Waals surface area contributed by atoms with Crippen molar-refractivity contribution in [3.05, 3.63) is 22.7 Å². The molecule has 9 heteroatoms. The number of piperidine rings is 2. The van der Waals surface area contributed by atoms with Crippen molar-refractivity contribution in [2.75, 3.05) is 52.7 Å². The molecule has 196 valence electrons. The largest absolute Gasteiger partial charge is 0.496 e. The first-order valence-corrected chi connectivity index (χ1v) is 13.1. The van der Waals surface area contributed by atoms with Crippen molar-refractivity contribution >= 4 is 29.1 Å². The van der Waals surface area contributed by atoms with Crippen LogP contribution in [0, 0.1) is 11.8 Å². The van der Waals surface area contributed by atoms with Gasteiger partial charge in [-0.15, -0.1) is 0 Å². The number of likely N-dealkylation sites (tertiary alicyclic amines) is 2. The second kappa shape index (κ2) is 12.8. The summed E-state index contributed by atoms with van der Waals surface area (Å²) in [7, 11) is 3.19. The second-order valence-corrected chi connectivity index (χ2v) is 10.3. The summed E-state index contributed by atoms with van der Waals surface area (Å²) in [6, 6.07) is 3.00. The van der Waals surface area contributed by atoms with E-state index >= 15 is 0 Å². The standard InChI is InChI=1S/C26H41ClN4O4/c1-5-6-17(2)26(33)31-11-7-18(8-12-31)15-30-10-9-22(24(16-30)35-4)29-25(32)19-13-20(27)21(28)14-23(19)34-3/h13-14,17-18,22,24H,5-12,15-16,28H2,1-4H3,(H,29,32)/t17?,22-,24+/m1/s1. The highest BCUT2D eigenvalue weighted by atomic mass is 35.5. The fourth-order valence-electron chi connectivity index (χ4n) is 5.28. The predicted octanol–water partition coefficient (Wildman–Crippen LogP) is 3.42. The molecule has 3 atom stereocenters. The van der Waals surface area contributed by atoms with Gasteiger partial charge in [0.05, 0.1) is 35.5 Å². The molecule has 1 aromatic carbocycles. The second-order valence-electron chi connectivity index (χ2n) is 9.93. The SMILES string of the molecule is CCCC(C)C(=O)N1CCC(CN2CC[C@@H](NC(=O)c3cc(Cl)c(N)cc3OC)[C@@H](OC)C2)CC1. The van der Waals surface area contributed by atoms with Gasteiger partial charge in [-0.05, 0) is 37.7 Å². The fourth-order valence-corrected chi connectivity index (χ4v) is 5.44. The summed E-state index contributed by atoms with van der Waals surface area (Å²) in [5, 5.41) is 3.43. The Hall–Kier alpha value is -2.03. The summed E-state index contributed by atoms with van der Waals surface area (Å²) in [5.41, 5.74) is 6.57. The van der Waals surface area contributed by atoms with E-state index in [1.54, 1.807) is 19.2 Å². The van der Waals surface area contributed by atoms with E-state index in [2.05, 4.69) is 17.1 Å². The summed E-state index contributed by atoms with van der Waals surface area (Å²) in [6.45, 7) is 8.51. The molecule has 1 unspecified atom stereocenters. The van der Waals surface area contributed by atoms with Crippen molar-refractivity contribution in [2.24, 2.45) is 11.8 Å². The fraction of sp³-hybridized carbons (Fsp3) is 0.692. The van der Waals surface area contributed by atoms with Crippen molar-refractivity contribution in [2.45, 2.75) is 58.1 Å². The number of hydrogen-bond acceptors (Lipinski definition) is 6. The summed E-state index contributed by atoms with van der Waals surface area (Å²) in [4.78, 5) is 30.1. The van der Waals surface area contributed by atoms with Gasteiger partial charge < -0.3 is 30.3 Å². The van der Waals surface area contributed by atoms with Crippen LogP contribution in [0.3, 0.4) is 0 Å². The maximum atomic E-state index is 13.0. The lowest BCUT2D eigenvalue weighted by Crippen LogP contribution is -2.55. The molecular weight excluding hydrogens is 468 g/mol. The quantitative estimate of drug-likeness (QED) is 0.496. The van der Waals surface area contributed by atoms with Gasteiger partial charge in [-0.3, -0.25) is 9.59 Å². The Morgan fingerprint density at radius 1 is 1.20 bits per heavy atom. The first kappa shape index (κ1) is 27.6. The molecule has 1 aromatic rings. The minimum Gasteiger partial charge on any atom is -0.496 e. The van der Waals surface area contributed by atoms with Gasteiger partial charge in [0.2, 0.25) is 5.91 Å². The van der Waals surface area contributed by atoms with Crippen molar-refractivity contribution in [3.8, 4) is 5.75 Å². The number of rotatable bonds is 9. The van der Waals surface area contributed by atoms with E-state index in [0.29, 0.717) is 33.8 Å². The molecule has 0 spiro atoms. The lowest BCUT2D eigenvalue weighted by atomic mass is 9.93. The Morgan fingerprint density at radius 2 is 1.91 bits per heavy atom. The molecule has 0 aliphatic carbocycles. The highest BCUT2D eigenvalue weighted by Crippen LogP contribution is 2.29. The molecular formula is C26H41ClN4O4. The lowest BCUT2D eigenvalue weighted by molar-refractivity contribution is -0.136. The lowest BCUT2D eigenvalue weighted by Gasteiger charge is -2.41. The Labute approximate surface area is 214 Å². The van der Waals surface area contributed by atoms with E-state index in [1.807, 2.05) is 11.8 Å². The van der Waals surface area contributed by atoms with E-state index in [0.717, 1.165) is 64.8 Å². The summed E-state index contributed by atoms with van der Waals surface area (Å²) in [6.07, 6.45) is 4.76. The Bertz CT molecular complexity index is 875. The van der Waals surface area contributed by atoms with Crippen LogP contribution in [0.2, 0.25) is 5.02 Å². The van der Waals surface area contributed by atoms with E-state index in [-0.39, 0.29) is 24.0 Å². The number of nitrogens with one attached hydrogen (secondary N) is 1. The first-order chi connectivity index (χ1) is 16.8. The van der Waals surface area contributed by atoms with Crippen molar-refractivity contribution < 1.29 is 19.1 Å². The number of nitrogens with two attached hydrogens (primary N) is 1. The molecule has 3 N–H and O–H groups in total. The Kier molecular flexibility index (Phi) is 10.1. The van der Waals surface area contributed by atoms with Gasteiger partial charge in [-0.25, -0.2) is 0 Å². The number of anilines is 1. The number of halogens is 1. The van der Waals surface area contributed by atoms with E-state index in [9.17, 15) is 9.59 Å². The van der Waals surface area contributed by atoms with Gasteiger partial charge >= 0.3 is 0 Å². The minimum atomic E-state index is -0.251. The van der Waals surface area contributed by atoms with Gasteiger partial charge in [0.1, 0.15) is 5.75 Å². The van der Waals surface area contributed by atoms with E-state index < -0.39 is 0 Å². The number of carbonyl (C=O) groups is 2. The van der Waals surface area contributed by atoms with Crippen LogP contribution in [0.25, 0.3) is 0 Å². The average molecular weight is 509 g/mol. The minimum absolute atomic E-state index is 0.107. The predicted molar refractivity (Wildman–Crippen MR) is 139 cm³/mol. The van der Waals surface area contributed by atoms with Crippen LogP contribution in [0.4, 0.5) is 5.69 Å². The molecule has 0 aromatic heterocycles. The monoisotopic (exact) mass is 508 g/mol. The molecule has 0 saturated carbocycles. The molecule has 8 nitrogen and oxygen atoms in total. The van der Waals surface area contributed by atoms with Gasteiger partial charge in [0.25, 0.3) is 5.91 Å². The van der Waals surface area contributed by atoms with Crippen LogP contribution in [0.5, 0.6) is 5.75 Å². The molecule has 2 saturated heterocycles. The molecule has 2 fully saturated rings. The maximum Gasteiger partial charge on any atom is 0.255 e. The molecule has 2 aliphatic heterocycles. The Balaban J connectivity index is 1.51. The smallest absolute Gasteiger partial charge is 0.255 e. The van der Waals surface area contributed by atoms with Gasteiger partial charge in [0, 0.05) is 51.8 Å². The number of benzene rings is 1. The zero-order chi connectivity index (χ0) is 25.5. The van der Waals surface area contributed by atoms with Crippen molar-refractivity contribution in [1.29, 1.82) is 0 Å². The molecule has 3 rings (SSSR count). The molecule has 0 bridgehead atoms. The number of amides is 2. The van der Waals surface area contributed by atoms with Gasteiger partial charge in [-0.2, -0.15) is 0 Å². The topological polar surface area (TPSA) is 97.1 Å². The first-order valence-electron chi connectivity index (χ1n) is 12.7. The number of hydrogen-bond donors (Lipinski definition) is 2. The van der Waals surface area contributed by atoms with E-state index in [4.69, 9.17) is 26.8 Å². The molecule has 2 heterocycles. The van der Waals surface area contributed by atoms with Crippen LogP contribution >= 0.6 is 11.6 Å². The Morgan fingerprint density at radius 3 is 2.54 bits per heavy atom. The van der Waals surface area contributed by atoms with Gasteiger partial charge in [-0.1, -0.05) is 31.9 Å². The number of carbonyl (C=O) groups excluding carboxylic acids is 2. The molecule has 2 aliphatic rings. The van der Waals surface area contributed by atoms with Crippen LogP contribution in [0.15, 0.2) is 12.1 Å². The van der Waals surface area contributed by atoms with Crippen molar-refractivity contribution in [1.82, 2.24) is 15.1 Å². The summed E-state index contributed by atoms with van der Waals surface area (Å²) in [5.74, 6) is 1.14. The van der Waals surface area contributed by atoms with Gasteiger partial charge in [0.15, 0.2) is 0 Å². The zero-order valence-electron chi connectivity index (χ0n) is 21.5. The third kappa shape index (κ3) is 7.02. The highest BCUT2D eigenvalue weighted by Gasteiger charge is 2.33. The molecule has 35 heavy (non-hydrogen) atoms. The number of nitrogen functional groups attached to an aromatic ring is 1. The summed E-state index contributed by atoms with van der Waals surface area (Å²) >= 11 is 6.14. The molecule has 2 amide bonds. The number of methoxy groups -OCH3 is 2.